The Balaban J connectivity index is 1.79. The van der Waals surface area contributed by atoms with Crippen LogP contribution in [0.3, 0.4) is 0 Å². The third kappa shape index (κ3) is 4.53. The van der Waals surface area contributed by atoms with E-state index in [0.717, 1.165) is 13.1 Å². The summed E-state index contributed by atoms with van der Waals surface area (Å²) in [4.78, 5) is 9.37. The summed E-state index contributed by atoms with van der Waals surface area (Å²) in [7, 11) is 2.21. The van der Waals surface area contributed by atoms with Crippen LogP contribution in [-0.4, -0.2) is 60.6 Å². The number of nitrogens with one attached hydrogen (secondary N) is 1. The van der Waals surface area contributed by atoms with Crippen molar-refractivity contribution in [1.82, 2.24) is 20.1 Å². The van der Waals surface area contributed by atoms with Gasteiger partial charge in [0, 0.05) is 56.9 Å². The molecular formula is C14H26N4S. The van der Waals surface area contributed by atoms with Crippen LogP contribution in [0.25, 0.3) is 0 Å². The van der Waals surface area contributed by atoms with E-state index in [1.807, 2.05) is 11.6 Å². The number of nitrogens with zero attached hydrogens (tertiary/aromatic N) is 3. The first-order chi connectivity index (χ1) is 9.16. The summed E-state index contributed by atoms with van der Waals surface area (Å²) >= 11 is 1.72. The fourth-order valence-corrected chi connectivity index (χ4v) is 3.19. The van der Waals surface area contributed by atoms with E-state index in [4.69, 9.17) is 0 Å². The summed E-state index contributed by atoms with van der Waals surface area (Å²) in [6.45, 7) is 11.4. The van der Waals surface area contributed by atoms with Crippen molar-refractivity contribution in [3.63, 3.8) is 0 Å². The summed E-state index contributed by atoms with van der Waals surface area (Å²) in [5.41, 5.74) is 0. The lowest BCUT2D eigenvalue weighted by Gasteiger charge is -2.40. The van der Waals surface area contributed by atoms with Crippen LogP contribution in [0.5, 0.6) is 0 Å². The zero-order valence-corrected chi connectivity index (χ0v) is 13.1. The van der Waals surface area contributed by atoms with Crippen molar-refractivity contribution in [2.45, 2.75) is 26.4 Å². The fourth-order valence-electron chi connectivity index (χ4n) is 2.61. The van der Waals surface area contributed by atoms with Crippen molar-refractivity contribution in [2.24, 2.45) is 5.92 Å². The molecule has 1 atom stereocenters. The average Bonchev–Trinajstić information content (AvgIpc) is 2.89. The number of piperazine rings is 1. The predicted molar refractivity (Wildman–Crippen MR) is 81.5 cm³/mol. The highest BCUT2D eigenvalue weighted by atomic mass is 32.1. The van der Waals surface area contributed by atoms with Gasteiger partial charge in [0.25, 0.3) is 0 Å². The normalized spacial score (nSPS) is 20.0. The van der Waals surface area contributed by atoms with Gasteiger partial charge in [0.1, 0.15) is 5.01 Å². The minimum absolute atomic E-state index is 0.633. The molecule has 2 rings (SSSR count). The van der Waals surface area contributed by atoms with Crippen LogP contribution in [0.4, 0.5) is 0 Å². The van der Waals surface area contributed by atoms with Gasteiger partial charge in [-0.1, -0.05) is 13.8 Å². The lowest BCUT2D eigenvalue weighted by atomic mass is 10.0. The van der Waals surface area contributed by atoms with E-state index in [0.29, 0.717) is 12.0 Å². The first-order valence-corrected chi connectivity index (χ1v) is 8.06. The van der Waals surface area contributed by atoms with Gasteiger partial charge in [0.2, 0.25) is 0 Å². The zero-order chi connectivity index (χ0) is 13.7. The Kier molecular flexibility index (Phi) is 5.76. The molecule has 0 radical (unpaired) electrons. The van der Waals surface area contributed by atoms with Crippen LogP contribution in [0.2, 0.25) is 0 Å². The lowest BCUT2D eigenvalue weighted by Crippen LogP contribution is -2.53. The summed E-state index contributed by atoms with van der Waals surface area (Å²) in [6.07, 6.45) is 1.88. The molecule has 1 unspecified atom stereocenters. The molecule has 0 amide bonds. The molecule has 1 fully saturated rings. The van der Waals surface area contributed by atoms with Crippen molar-refractivity contribution in [3.8, 4) is 0 Å². The number of hydrogen-bond donors (Lipinski definition) is 1. The van der Waals surface area contributed by atoms with Gasteiger partial charge in [0.05, 0.1) is 0 Å². The Morgan fingerprint density at radius 2 is 2.05 bits per heavy atom. The van der Waals surface area contributed by atoms with Gasteiger partial charge in [0.15, 0.2) is 0 Å². The molecule has 108 valence electrons. The topological polar surface area (TPSA) is 31.4 Å². The lowest BCUT2D eigenvalue weighted by molar-refractivity contribution is 0.0875. The minimum atomic E-state index is 0.633. The van der Waals surface area contributed by atoms with Gasteiger partial charge in [-0.05, 0) is 13.0 Å². The van der Waals surface area contributed by atoms with Gasteiger partial charge < -0.3 is 10.2 Å². The molecule has 1 aromatic rings. The number of rotatable bonds is 6. The summed E-state index contributed by atoms with van der Waals surface area (Å²) < 4.78 is 0. The van der Waals surface area contributed by atoms with Gasteiger partial charge in [-0.3, -0.25) is 4.90 Å². The molecule has 0 spiro atoms. The largest absolute Gasteiger partial charge is 0.309 e. The van der Waals surface area contributed by atoms with Gasteiger partial charge in [-0.15, -0.1) is 11.3 Å². The van der Waals surface area contributed by atoms with E-state index in [2.05, 4.69) is 41.0 Å². The molecule has 0 aliphatic carbocycles. The highest BCUT2D eigenvalue weighted by Gasteiger charge is 2.24. The predicted octanol–water partition coefficient (Wildman–Crippen LogP) is 1.50. The Hall–Kier alpha value is -0.490. The van der Waals surface area contributed by atoms with Crippen molar-refractivity contribution in [1.29, 1.82) is 0 Å². The minimum Gasteiger partial charge on any atom is -0.309 e. The SMILES string of the molecule is CC(C)C(CNCc1nccs1)N1CCN(C)CC1. The maximum atomic E-state index is 4.32. The second kappa shape index (κ2) is 7.33. The molecule has 1 saturated heterocycles. The van der Waals surface area contributed by atoms with Crippen molar-refractivity contribution >= 4 is 11.3 Å². The molecule has 19 heavy (non-hydrogen) atoms. The molecule has 0 saturated carbocycles. The van der Waals surface area contributed by atoms with Crippen molar-refractivity contribution < 1.29 is 0 Å². The monoisotopic (exact) mass is 282 g/mol. The van der Waals surface area contributed by atoms with Crippen molar-refractivity contribution in [2.75, 3.05) is 39.8 Å². The quantitative estimate of drug-likeness (QED) is 0.857. The van der Waals surface area contributed by atoms with Crippen LogP contribution in [0.1, 0.15) is 18.9 Å². The Morgan fingerprint density at radius 3 is 2.63 bits per heavy atom. The molecule has 1 N–H and O–H groups in total. The van der Waals surface area contributed by atoms with Crippen LogP contribution in [-0.2, 0) is 6.54 Å². The smallest absolute Gasteiger partial charge is 0.106 e. The average molecular weight is 282 g/mol. The van der Waals surface area contributed by atoms with E-state index in [1.165, 1.54) is 31.2 Å². The number of likely N-dealkylation sites (N-methyl/N-ethyl adjacent to an activating group) is 1. The molecule has 1 aliphatic heterocycles. The van der Waals surface area contributed by atoms with Gasteiger partial charge >= 0.3 is 0 Å². The Labute approximate surface area is 120 Å². The molecule has 4 nitrogen and oxygen atoms in total. The standard InChI is InChI=1S/C14H26N4S/c1-12(2)13(18-7-5-17(3)6-8-18)10-15-11-14-16-4-9-19-14/h4,9,12-13,15H,5-8,10-11H2,1-3H3. The maximum absolute atomic E-state index is 4.32. The third-order valence-electron chi connectivity index (χ3n) is 3.89. The molecule has 1 aromatic heterocycles. The van der Waals surface area contributed by atoms with Gasteiger partial charge in [-0.25, -0.2) is 4.98 Å². The zero-order valence-electron chi connectivity index (χ0n) is 12.3. The summed E-state index contributed by atoms with van der Waals surface area (Å²) in [6, 6.07) is 0.633. The second-order valence-corrected chi connectivity index (χ2v) is 6.69. The van der Waals surface area contributed by atoms with E-state index in [-0.39, 0.29) is 0 Å². The molecule has 2 heterocycles. The molecular weight excluding hydrogens is 256 g/mol. The van der Waals surface area contributed by atoms with Gasteiger partial charge in [-0.2, -0.15) is 0 Å². The van der Waals surface area contributed by atoms with Crippen LogP contribution >= 0.6 is 11.3 Å². The molecule has 0 aromatic carbocycles. The van der Waals surface area contributed by atoms with Crippen molar-refractivity contribution in [3.05, 3.63) is 16.6 Å². The number of aromatic nitrogens is 1. The second-order valence-electron chi connectivity index (χ2n) is 5.71. The fraction of sp³-hybridized carbons (Fsp3) is 0.786. The first-order valence-electron chi connectivity index (χ1n) is 7.18. The maximum Gasteiger partial charge on any atom is 0.106 e. The highest BCUT2D eigenvalue weighted by Crippen LogP contribution is 2.13. The van der Waals surface area contributed by atoms with E-state index >= 15 is 0 Å². The summed E-state index contributed by atoms with van der Waals surface area (Å²) in [5.74, 6) is 0.687. The highest BCUT2D eigenvalue weighted by molar-refractivity contribution is 7.09. The van der Waals surface area contributed by atoms with E-state index in [1.54, 1.807) is 11.3 Å². The van der Waals surface area contributed by atoms with Crippen LogP contribution < -0.4 is 5.32 Å². The van der Waals surface area contributed by atoms with Crippen LogP contribution in [0, 0.1) is 5.92 Å². The Bertz CT molecular complexity index is 344. The molecule has 0 bridgehead atoms. The first kappa shape index (κ1) is 14.9. The third-order valence-corrected chi connectivity index (χ3v) is 4.67. The van der Waals surface area contributed by atoms with E-state index < -0.39 is 0 Å². The van der Waals surface area contributed by atoms with Crippen LogP contribution in [0.15, 0.2) is 11.6 Å². The Morgan fingerprint density at radius 1 is 1.32 bits per heavy atom. The summed E-state index contributed by atoms with van der Waals surface area (Å²) in [5, 5.41) is 6.79. The van der Waals surface area contributed by atoms with E-state index in [9.17, 15) is 0 Å². The molecule has 1 aliphatic rings. The number of hydrogen-bond acceptors (Lipinski definition) is 5. The number of thiazole rings is 1. The molecule has 5 heteroatoms.